The van der Waals surface area contributed by atoms with Crippen LogP contribution in [0.4, 0.5) is 0 Å². The minimum atomic E-state index is -0.817. The maximum Gasteiger partial charge on any atom is 0.306 e. The predicted octanol–water partition coefficient (Wildman–Crippen LogP) is 46.7. The van der Waals surface area contributed by atoms with Crippen molar-refractivity contribution >= 4 is 35.8 Å². The van der Waals surface area contributed by atoms with Gasteiger partial charge < -0.3 is 28.4 Å². The normalized spacial score (nSPS) is 12.2. The molecule has 12 heteroatoms. The summed E-state index contributed by atoms with van der Waals surface area (Å²) in [6, 6.07) is 0. The molecule has 0 N–H and O–H groups in total. The molecule has 890 valence electrons. The molecule has 0 aliphatic rings. The summed E-state index contributed by atoms with van der Waals surface area (Å²) in [5.74, 6) is -1.61. The summed E-state index contributed by atoms with van der Waals surface area (Å²) in [5.41, 5.74) is 0. The number of hydrogen-bond acceptors (Lipinski definition) is 12. The third-order valence-corrected chi connectivity index (χ3v) is 32.8. The number of unbranched alkanes of at least 4 members (excludes halogenated alkanes) is 108. The standard InChI is InChI=1S/C138H266O12/c1-6-11-16-21-26-31-36-41-46-51-57-65-72-79-86-93-100-107-114-121-133(139)145-127-130(148-136(142)124-117-110-103-96-89-82-75-68-59-53-48-43-38-33-28-23-18-13-8-3)128-146-134(140)122-115-108-101-94-87-80-73-67-63-56-62-64-71-78-85-92-99-106-113-120-131(149-137(143)125-118-111-104-97-90-83-76-69-60-54-49-44-39-34-29-24-19-14-9-4)132(150-138(144)126-119-112-105-98-91-84-77-70-61-55-50-45-40-35-30-25-20-15-10-5)129-147-135(141)123-116-109-102-95-88-81-74-66-58-52-47-42-37-32-27-22-17-12-7-2/h130-132H,6-129H2,1-5H3. The van der Waals surface area contributed by atoms with E-state index in [-0.39, 0.29) is 55.6 Å². The second-order valence-electron chi connectivity index (χ2n) is 48.0. The van der Waals surface area contributed by atoms with Gasteiger partial charge in [0.15, 0.2) is 12.2 Å². The molecule has 0 aliphatic carbocycles. The van der Waals surface area contributed by atoms with Crippen LogP contribution in [-0.4, -0.2) is 73.9 Å². The highest BCUT2D eigenvalue weighted by Gasteiger charge is 2.31. The summed E-state index contributed by atoms with van der Waals surface area (Å²) < 4.78 is 36.1. The van der Waals surface area contributed by atoms with Crippen LogP contribution in [0.15, 0.2) is 0 Å². The maximum atomic E-state index is 13.9. The van der Waals surface area contributed by atoms with Crippen molar-refractivity contribution in [1.29, 1.82) is 0 Å². The summed E-state index contributed by atoms with van der Waals surface area (Å²) in [6.45, 7) is 11.2. The Bertz CT molecular complexity index is 2640. The second-order valence-corrected chi connectivity index (χ2v) is 48.0. The van der Waals surface area contributed by atoms with Crippen LogP contribution in [0.25, 0.3) is 0 Å². The van der Waals surface area contributed by atoms with Gasteiger partial charge in [-0.2, -0.15) is 0 Å². The molecule has 0 aliphatic heterocycles. The van der Waals surface area contributed by atoms with Gasteiger partial charge in [-0.1, -0.05) is 722 Å². The molecule has 0 aromatic carbocycles. The van der Waals surface area contributed by atoms with Crippen LogP contribution < -0.4 is 0 Å². The van der Waals surface area contributed by atoms with Crippen LogP contribution in [0, 0.1) is 0 Å². The molecule has 0 fully saturated rings. The van der Waals surface area contributed by atoms with E-state index in [0.29, 0.717) is 44.9 Å². The van der Waals surface area contributed by atoms with Gasteiger partial charge in [0.1, 0.15) is 25.9 Å². The van der Waals surface area contributed by atoms with Gasteiger partial charge in [-0.25, -0.2) is 0 Å². The minimum Gasteiger partial charge on any atom is -0.462 e. The van der Waals surface area contributed by atoms with Crippen LogP contribution in [0.3, 0.4) is 0 Å². The predicted molar refractivity (Wildman–Crippen MR) is 650 cm³/mol. The van der Waals surface area contributed by atoms with Crippen molar-refractivity contribution in [2.24, 2.45) is 0 Å². The largest absolute Gasteiger partial charge is 0.462 e. The van der Waals surface area contributed by atoms with Gasteiger partial charge >= 0.3 is 35.8 Å². The van der Waals surface area contributed by atoms with Gasteiger partial charge in [0.2, 0.25) is 0 Å². The molecule has 0 radical (unpaired) electrons. The molecular formula is C138H266O12. The minimum absolute atomic E-state index is 0.0692. The zero-order valence-corrected chi connectivity index (χ0v) is 102. The number of esters is 6. The van der Waals surface area contributed by atoms with E-state index in [1.807, 2.05) is 0 Å². The highest BCUT2D eigenvalue weighted by molar-refractivity contribution is 5.72. The average Bonchev–Trinajstić information content (AvgIpc) is 0.867. The quantitative estimate of drug-likeness (QED) is 0.0323. The van der Waals surface area contributed by atoms with E-state index in [1.54, 1.807) is 0 Å². The smallest absolute Gasteiger partial charge is 0.306 e. The summed E-state index contributed by atoms with van der Waals surface area (Å²) in [4.78, 5) is 80.6. The molecular weight excluding hydrogens is 1850 g/mol. The Morgan fingerprint density at radius 2 is 0.233 bits per heavy atom. The first-order valence-electron chi connectivity index (χ1n) is 69.1. The molecule has 0 amide bonds. The molecule has 12 nitrogen and oxygen atoms in total. The molecule has 0 heterocycles. The third kappa shape index (κ3) is 122. The summed E-state index contributed by atoms with van der Waals surface area (Å²) in [6.07, 6.45) is 147. The van der Waals surface area contributed by atoms with Crippen molar-refractivity contribution in [3.8, 4) is 0 Å². The van der Waals surface area contributed by atoms with Crippen LogP contribution in [0.1, 0.15) is 812 Å². The summed E-state index contributed by atoms with van der Waals surface area (Å²) in [5, 5.41) is 0. The topological polar surface area (TPSA) is 158 Å². The van der Waals surface area contributed by atoms with Gasteiger partial charge in [0, 0.05) is 38.5 Å². The van der Waals surface area contributed by atoms with Crippen molar-refractivity contribution < 1.29 is 57.2 Å². The monoisotopic (exact) mass is 2120 g/mol. The van der Waals surface area contributed by atoms with Gasteiger partial charge in [-0.15, -0.1) is 0 Å². The molecule has 3 atom stereocenters. The van der Waals surface area contributed by atoms with E-state index in [4.69, 9.17) is 28.4 Å². The van der Waals surface area contributed by atoms with E-state index in [0.717, 1.165) is 135 Å². The molecule has 0 rings (SSSR count). The number of hydrogen-bond donors (Lipinski definition) is 0. The fourth-order valence-corrected chi connectivity index (χ4v) is 22.5. The molecule has 0 saturated heterocycles. The summed E-state index contributed by atoms with van der Waals surface area (Å²) >= 11 is 0. The lowest BCUT2D eigenvalue weighted by Gasteiger charge is -2.27. The lowest BCUT2D eigenvalue weighted by Crippen LogP contribution is -2.39. The average molecular weight is 2120 g/mol. The van der Waals surface area contributed by atoms with E-state index < -0.39 is 18.3 Å². The van der Waals surface area contributed by atoms with Crippen molar-refractivity contribution in [2.45, 2.75) is 830 Å². The Morgan fingerprint density at radius 1 is 0.120 bits per heavy atom. The highest BCUT2D eigenvalue weighted by atomic mass is 16.6. The lowest BCUT2D eigenvalue weighted by atomic mass is 10.0. The van der Waals surface area contributed by atoms with Gasteiger partial charge in [0.25, 0.3) is 0 Å². The Morgan fingerprint density at radius 3 is 0.387 bits per heavy atom. The third-order valence-electron chi connectivity index (χ3n) is 32.8. The van der Waals surface area contributed by atoms with Crippen molar-refractivity contribution in [3.63, 3.8) is 0 Å². The SMILES string of the molecule is CCCCCCCCCCCCCCCCCCCCCC(=O)OCC(COC(=O)CCCCCCCCCCCCCCCCCCCCCC(OC(=O)CCCCCCCCCCCCCCCCCCCCC)C(COC(=O)CCCCCCCCCCCCCCCCCCCCC)OC(=O)CCCCCCCCCCCCCCCCCCCCC)OC(=O)CCCCCCCCCCCCCCCCCCCCC. The van der Waals surface area contributed by atoms with Crippen molar-refractivity contribution in [2.75, 3.05) is 19.8 Å². The van der Waals surface area contributed by atoms with Gasteiger partial charge in [-0.05, 0) is 51.4 Å². The Labute approximate surface area is 936 Å². The Hall–Kier alpha value is -3.18. The van der Waals surface area contributed by atoms with Crippen LogP contribution >= 0.6 is 0 Å². The highest BCUT2D eigenvalue weighted by Crippen LogP contribution is 2.28. The Balaban J connectivity index is 5.29. The second kappa shape index (κ2) is 129. The zero-order chi connectivity index (χ0) is 108. The fraction of sp³-hybridized carbons (Fsp3) is 0.957. The van der Waals surface area contributed by atoms with E-state index in [2.05, 4.69) is 34.6 Å². The first-order valence-corrected chi connectivity index (χ1v) is 69.1. The maximum absolute atomic E-state index is 13.9. The Kier molecular flexibility index (Phi) is 127. The molecule has 0 aromatic rings. The van der Waals surface area contributed by atoms with Crippen LogP contribution in [0.2, 0.25) is 0 Å². The zero-order valence-electron chi connectivity index (χ0n) is 102. The number of rotatable bonds is 132. The van der Waals surface area contributed by atoms with Crippen molar-refractivity contribution in [3.05, 3.63) is 0 Å². The van der Waals surface area contributed by atoms with E-state index in [9.17, 15) is 28.8 Å². The fourth-order valence-electron chi connectivity index (χ4n) is 22.5. The van der Waals surface area contributed by atoms with E-state index in [1.165, 1.54) is 597 Å². The number of ether oxygens (including phenoxy) is 6. The van der Waals surface area contributed by atoms with Gasteiger partial charge in [0.05, 0.1) is 0 Å². The molecule has 150 heavy (non-hydrogen) atoms. The van der Waals surface area contributed by atoms with Crippen molar-refractivity contribution in [1.82, 2.24) is 0 Å². The van der Waals surface area contributed by atoms with Crippen LogP contribution in [0.5, 0.6) is 0 Å². The van der Waals surface area contributed by atoms with Gasteiger partial charge in [-0.3, -0.25) is 28.8 Å². The molecule has 0 saturated carbocycles. The first-order chi connectivity index (χ1) is 74.1. The number of carbonyl (C=O) groups excluding carboxylic acids is 6. The molecule has 0 aromatic heterocycles. The molecule has 0 bridgehead atoms. The first kappa shape index (κ1) is 147. The molecule has 3 unspecified atom stereocenters. The van der Waals surface area contributed by atoms with Crippen LogP contribution in [-0.2, 0) is 57.2 Å². The lowest BCUT2D eigenvalue weighted by molar-refractivity contribution is -0.176. The van der Waals surface area contributed by atoms with E-state index >= 15 is 0 Å². The molecule has 0 spiro atoms. The summed E-state index contributed by atoms with van der Waals surface area (Å²) in [7, 11) is 0. The number of carbonyl (C=O) groups is 6.